The third-order valence-corrected chi connectivity index (χ3v) is 3.38. The molecule has 0 saturated heterocycles. The maximum absolute atomic E-state index is 11.8. The summed E-state index contributed by atoms with van der Waals surface area (Å²) in [4.78, 5) is 11.8. The van der Waals surface area contributed by atoms with E-state index in [1.165, 1.54) is 5.56 Å². The van der Waals surface area contributed by atoms with Crippen molar-refractivity contribution in [3.05, 3.63) is 71.8 Å². The van der Waals surface area contributed by atoms with E-state index in [0.29, 0.717) is 11.5 Å². The predicted molar refractivity (Wildman–Crippen MR) is 98.0 cm³/mol. The first-order chi connectivity index (χ1) is 11.7. The van der Waals surface area contributed by atoms with Crippen LogP contribution in [0, 0.1) is 0 Å². The van der Waals surface area contributed by atoms with Crippen molar-refractivity contribution in [2.45, 2.75) is 20.3 Å². The number of carbonyl (C=O) groups excluding carboxylic acids is 1. The second-order valence-corrected chi connectivity index (χ2v) is 5.32. The molecule has 2 rings (SSSR count). The van der Waals surface area contributed by atoms with Crippen molar-refractivity contribution in [3.8, 4) is 5.75 Å². The number of hydrogen-bond acceptors (Lipinski definition) is 3. The molecule has 2 aromatic rings. The first-order valence-corrected chi connectivity index (χ1v) is 7.95. The highest BCUT2D eigenvalue weighted by Crippen LogP contribution is 2.12. The maximum atomic E-state index is 11.8. The molecule has 0 aromatic heterocycles. The Bertz CT molecular complexity index is 704. The van der Waals surface area contributed by atoms with Crippen molar-refractivity contribution in [2.75, 3.05) is 6.61 Å². The van der Waals surface area contributed by atoms with Gasteiger partial charge in [0.15, 0.2) is 6.61 Å². The number of aryl methyl sites for hydroxylation is 1. The molecule has 24 heavy (non-hydrogen) atoms. The molecule has 0 bridgehead atoms. The molecule has 1 N–H and O–H groups in total. The zero-order valence-electron chi connectivity index (χ0n) is 14.0. The van der Waals surface area contributed by atoms with Crippen LogP contribution < -0.4 is 10.2 Å². The first kappa shape index (κ1) is 17.5. The number of hydrazone groups is 1. The number of ether oxygens (including phenoxy) is 1. The SMILES string of the molecule is CCc1ccc(OCC(=O)N/N=C(C)\C=C\c2ccccc2)cc1. The van der Waals surface area contributed by atoms with Crippen molar-refractivity contribution in [3.63, 3.8) is 0 Å². The van der Waals surface area contributed by atoms with Gasteiger partial charge in [-0.1, -0.05) is 55.5 Å². The minimum Gasteiger partial charge on any atom is -0.484 e. The van der Waals surface area contributed by atoms with Crippen LogP contribution in [0.4, 0.5) is 0 Å². The predicted octanol–water partition coefficient (Wildman–Crippen LogP) is 3.83. The van der Waals surface area contributed by atoms with Crippen molar-refractivity contribution in [1.29, 1.82) is 0 Å². The summed E-state index contributed by atoms with van der Waals surface area (Å²) < 4.78 is 5.43. The van der Waals surface area contributed by atoms with E-state index in [9.17, 15) is 4.79 Å². The van der Waals surface area contributed by atoms with Crippen molar-refractivity contribution < 1.29 is 9.53 Å². The Labute approximate surface area is 142 Å². The minimum atomic E-state index is -0.290. The van der Waals surface area contributed by atoms with Crippen molar-refractivity contribution in [2.24, 2.45) is 5.10 Å². The average molecular weight is 322 g/mol. The minimum absolute atomic E-state index is 0.0648. The number of rotatable bonds is 7. The zero-order valence-corrected chi connectivity index (χ0v) is 14.0. The monoisotopic (exact) mass is 322 g/mol. The van der Waals surface area contributed by atoms with Gasteiger partial charge in [0, 0.05) is 0 Å². The lowest BCUT2D eigenvalue weighted by Gasteiger charge is -2.06. The van der Waals surface area contributed by atoms with Crippen LogP contribution in [0.15, 0.2) is 65.8 Å². The molecule has 124 valence electrons. The molecule has 0 saturated carbocycles. The molecule has 4 nitrogen and oxygen atoms in total. The summed E-state index contributed by atoms with van der Waals surface area (Å²) in [5.74, 6) is 0.383. The summed E-state index contributed by atoms with van der Waals surface area (Å²) in [5, 5.41) is 4.03. The van der Waals surface area contributed by atoms with E-state index in [1.54, 1.807) is 0 Å². The summed E-state index contributed by atoms with van der Waals surface area (Å²) in [5.41, 5.74) is 5.51. The zero-order chi connectivity index (χ0) is 17.2. The van der Waals surface area contributed by atoms with Crippen LogP contribution in [0.25, 0.3) is 6.08 Å². The Morgan fingerprint density at radius 1 is 1.12 bits per heavy atom. The van der Waals surface area contributed by atoms with E-state index < -0.39 is 0 Å². The van der Waals surface area contributed by atoms with Gasteiger partial charge in [-0.25, -0.2) is 5.43 Å². The van der Waals surface area contributed by atoms with Gasteiger partial charge in [0.25, 0.3) is 5.91 Å². The molecule has 0 aliphatic carbocycles. The molecular weight excluding hydrogens is 300 g/mol. The van der Waals surface area contributed by atoms with E-state index >= 15 is 0 Å². The second kappa shape index (κ2) is 9.30. The lowest BCUT2D eigenvalue weighted by Crippen LogP contribution is -2.25. The van der Waals surface area contributed by atoms with Crippen LogP contribution in [0.5, 0.6) is 5.75 Å². The summed E-state index contributed by atoms with van der Waals surface area (Å²) >= 11 is 0. The molecule has 4 heteroatoms. The molecule has 0 unspecified atom stereocenters. The van der Waals surface area contributed by atoms with Crippen LogP contribution in [0.1, 0.15) is 25.0 Å². The smallest absolute Gasteiger partial charge is 0.277 e. The molecular formula is C20H22N2O2. The lowest BCUT2D eigenvalue weighted by molar-refractivity contribution is -0.123. The highest BCUT2D eigenvalue weighted by molar-refractivity contribution is 5.97. The highest BCUT2D eigenvalue weighted by Gasteiger charge is 2.01. The van der Waals surface area contributed by atoms with Crippen molar-refractivity contribution in [1.82, 2.24) is 5.43 Å². The average Bonchev–Trinajstić information content (AvgIpc) is 2.64. The highest BCUT2D eigenvalue weighted by atomic mass is 16.5. The maximum Gasteiger partial charge on any atom is 0.277 e. The van der Waals surface area contributed by atoms with Crippen LogP contribution >= 0.6 is 0 Å². The molecule has 0 spiro atoms. The number of benzene rings is 2. The van der Waals surface area contributed by atoms with E-state index in [2.05, 4.69) is 17.5 Å². The molecule has 0 fully saturated rings. The summed E-state index contributed by atoms with van der Waals surface area (Å²) in [6, 6.07) is 17.6. The molecule has 0 radical (unpaired) electrons. The Morgan fingerprint density at radius 2 is 1.83 bits per heavy atom. The summed E-state index contributed by atoms with van der Waals surface area (Å²) in [6.07, 6.45) is 4.77. The van der Waals surface area contributed by atoms with Crippen LogP contribution in [0.2, 0.25) is 0 Å². The number of carbonyl (C=O) groups is 1. The topological polar surface area (TPSA) is 50.7 Å². The second-order valence-electron chi connectivity index (χ2n) is 5.32. The molecule has 0 atom stereocenters. The third-order valence-electron chi connectivity index (χ3n) is 3.38. The Morgan fingerprint density at radius 3 is 2.50 bits per heavy atom. The molecule has 0 aliphatic rings. The summed E-state index contributed by atoms with van der Waals surface area (Å²) in [6.45, 7) is 3.85. The van der Waals surface area contributed by atoms with Gasteiger partial charge in [0.05, 0.1) is 5.71 Å². The van der Waals surface area contributed by atoms with Gasteiger partial charge in [-0.05, 0) is 42.7 Å². The lowest BCUT2D eigenvalue weighted by atomic mass is 10.2. The number of allylic oxidation sites excluding steroid dienone is 1. The van der Waals surface area contributed by atoms with Crippen LogP contribution in [-0.4, -0.2) is 18.2 Å². The van der Waals surface area contributed by atoms with Crippen LogP contribution in [-0.2, 0) is 11.2 Å². The molecule has 0 heterocycles. The molecule has 0 aliphatic heterocycles. The largest absolute Gasteiger partial charge is 0.484 e. The number of nitrogens with zero attached hydrogens (tertiary/aromatic N) is 1. The Balaban J connectivity index is 1.77. The van der Waals surface area contributed by atoms with Gasteiger partial charge in [0.2, 0.25) is 0 Å². The van der Waals surface area contributed by atoms with Crippen molar-refractivity contribution >= 4 is 17.7 Å². The fraction of sp³-hybridized carbons (Fsp3) is 0.200. The molecule has 2 aromatic carbocycles. The Kier molecular flexibility index (Phi) is 6.77. The normalized spacial score (nSPS) is 11.5. The van der Waals surface area contributed by atoms with Crippen LogP contribution in [0.3, 0.4) is 0 Å². The van der Waals surface area contributed by atoms with Gasteiger partial charge >= 0.3 is 0 Å². The third kappa shape index (κ3) is 6.08. The van der Waals surface area contributed by atoms with E-state index in [4.69, 9.17) is 4.74 Å². The fourth-order valence-corrected chi connectivity index (χ4v) is 1.97. The number of hydrogen-bond donors (Lipinski definition) is 1. The quantitative estimate of drug-likeness (QED) is 0.622. The Hall–Kier alpha value is -2.88. The van der Waals surface area contributed by atoms with E-state index in [0.717, 1.165) is 12.0 Å². The standard InChI is InChI=1S/C20H22N2O2/c1-3-17-11-13-19(14-12-17)24-15-20(23)22-21-16(2)9-10-18-7-5-4-6-8-18/h4-14H,3,15H2,1-2H3,(H,22,23)/b10-9+,21-16-. The first-order valence-electron chi connectivity index (χ1n) is 7.95. The van der Waals surface area contributed by atoms with E-state index in [1.807, 2.05) is 73.7 Å². The molecule has 1 amide bonds. The van der Waals surface area contributed by atoms with Gasteiger partial charge in [0.1, 0.15) is 5.75 Å². The number of nitrogens with one attached hydrogen (secondary N) is 1. The van der Waals surface area contributed by atoms with Gasteiger partial charge in [-0.3, -0.25) is 4.79 Å². The van der Waals surface area contributed by atoms with Gasteiger partial charge < -0.3 is 4.74 Å². The summed E-state index contributed by atoms with van der Waals surface area (Å²) in [7, 11) is 0. The fourth-order valence-electron chi connectivity index (χ4n) is 1.97. The van der Waals surface area contributed by atoms with Gasteiger partial charge in [-0.15, -0.1) is 0 Å². The number of amides is 1. The van der Waals surface area contributed by atoms with E-state index in [-0.39, 0.29) is 12.5 Å². The van der Waals surface area contributed by atoms with Gasteiger partial charge in [-0.2, -0.15) is 5.10 Å².